The number of hydrogen-bond donors (Lipinski definition) is 30. The van der Waals surface area contributed by atoms with E-state index in [0.717, 1.165) is 27.7 Å². The smallest absolute Gasteiger partial charge is 0.394 e. The van der Waals surface area contributed by atoms with E-state index in [2.05, 4.69) is 25.5 Å². The van der Waals surface area contributed by atoms with Gasteiger partial charge in [-0.2, -0.15) is 8.42 Å². The van der Waals surface area contributed by atoms with Gasteiger partial charge in [0.2, 0.25) is 23.6 Å². The van der Waals surface area contributed by atoms with Crippen molar-refractivity contribution in [3.05, 3.63) is 0 Å². The second kappa shape index (κ2) is 44.2. The first-order valence-corrected chi connectivity index (χ1v) is 40.9. The quantitative estimate of drug-likeness (QED) is 0.0278. The van der Waals surface area contributed by atoms with Crippen LogP contribution < -0.4 is 21.3 Å². The average Bonchev–Trinajstić information content (AvgIpc) is 0.761. The Morgan fingerprint density at radius 1 is 0.264 bits per heavy atom. The Morgan fingerprint density at radius 2 is 0.584 bits per heavy atom. The molecule has 50 atom stereocenters. The van der Waals surface area contributed by atoms with E-state index in [1.54, 1.807) is 0 Å². The van der Waals surface area contributed by atoms with Gasteiger partial charge in [0, 0.05) is 27.7 Å². The van der Waals surface area contributed by atoms with Crippen LogP contribution in [-0.2, 0) is 124 Å². The van der Waals surface area contributed by atoms with Crippen LogP contribution in [0, 0.1) is 0 Å². The maximum absolute atomic E-state index is 13.6. The van der Waals surface area contributed by atoms with E-state index < -0.39 is 394 Å². The van der Waals surface area contributed by atoms with Gasteiger partial charge in [-0.3, -0.25) is 23.7 Å². The summed E-state index contributed by atoms with van der Waals surface area (Å²) in [6, 6.07) is -7.83. The van der Waals surface area contributed by atoms with Gasteiger partial charge in [-0.15, -0.1) is 0 Å². The molecule has 125 heavy (non-hydrogen) atoms. The van der Waals surface area contributed by atoms with Crippen LogP contribution in [-0.4, -0.2) is 524 Å². The zero-order valence-corrected chi connectivity index (χ0v) is 68.0. The van der Waals surface area contributed by atoms with E-state index in [0.29, 0.717) is 0 Å². The lowest BCUT2D eigenvalue weighted by Gasteiger charge is -2.52. The fourth-order valence-corrected chi connectivity index (χ4v) is 16.2. The summed E-state index contributed by atoms with van der Waals surface area (Å²) in [5.74, 6) is -3.87. The summed E-state index contributed by atoms with van der Waals surface area (Å²) in [7, 11) is -5.57. The number of aliphatic hydroxyl groups is 25. The van der Waals surface area contributed by atoms with Crippen molar-refractivity contribution in [3.63, 3.8) is 0 Å². The third-order valence-electron chi connectivity index (χ3n) is 22.6. The molecule has 0 aromatic carbocycles. The first kappa shape index (κ1) is 103. The first-order valence-electron chi connectivity index (χ1n) is 39.5. The number of carbonyl (C=O) groups is 4. The van der Waals surface area contributed by atoms with Crippen molar-refractivity contribution < 1.29 is 254 Å². The Bertz CT molecular complexity index is 3550. The van der Waals surface area contributed by atoms with Gasteiger partial charge >= 0.3 is 10.4 Å². The molecule has 0 aromatic heterocycles. The molecule has 10 heterocycles. The van der Waals surface area contributed by atoms with E-state index in [4.69, 9.17) is 90.0 Å². The fourth-order valence-electron chi connectivity index (χ4n) is 15.9. The molecular formula is C68H114N4O52S. The van der Waals surface area contributed by atoms with Crippen molar-refractivity contribution in [2.75, 3.05) is 52.9 Å². The Hall–Kier alpha value is -4.01. The summed E-state index contributed by atoms with van der Waals surface area (Å²) in [4.78, 5) is 51.9. The minimum absolute atomic E-state index is 0.860. The molecule has 4 amide bonds. The van der Waals surface area contributed by atoms with Gasteiger partial charge in [-0.05, 0) is 13.8 Å². The Balaban J connectivity index is 1.04. The second-order valence-corrected chi connectivity index (χ2v) is 32.6. The van der Waals surface area contributed by atoms with Crippen molar-refractivity contribution in [1.29, 1.82) is 0 Å². The first-order chi connectivity index (χ1) is 58.8. The summed E-state index contributed by atoms with van der Waals surface area (Å²) in [5, 5.41) is 291. The molecule has 10 saturated heterocycles. The number of amides is 4. The SMILES string of the molecule is CC(=O)N[C@@H]1[C@H](O[C@@H]2[C@@H](O[C@@H]3[C@H](O)[C@H](O[C@H]4[C@H](O)[C@@H](NC(C)=O)[C@H](O[C@H]5[C@H](O)[C@@H](NC(C)=O)[C@H](O)O[C@@H]5CO[C@@H]5O[C@@H](C)[C@@H](O)[C@@H](O)[C@@H]5O)O[C@@H]4CO)O[C@H](CO[C@H]4O[C@H](CO)[C@@H](O)[C@H](O)[C@@H]4O[C@@H]4O[C@H](CO)[C@@H](O)[C@H](O)[C@H]4NC(C)=O)[C@H]3O)O[C@H](COS(=O)(=O)O)[C@@H](O)[C@@H]2O)O[C@H](CO)[C@@H](O[C@@H]2O[C@H](CO)[C@H](O)[C@H](O)[C@H]2O)[C@@H]1O[C@@H]1O[C@@H](C)[C@@H](O)[C@@H](O)[C@@H]1O. The molecular weight excluding hydrogens is 1740 g/mol. The van der Waals surface area contributed by atoms with Gasteiger partial charge in [0.25, 0.3) is 0 Å². The molecule has 0 unspecified atom stereocenters. The number of rotatable bonds is 32. The number of ether oxygens (including phenoxy) is 19. The van der Waals surface area contributed by atoms with Gasteiger partial charge in [0.1, 0.15) is 232 Å². The minimum Gasteiger partial charge on any atom is -0.394 e. The van der Waals surface area contributed by atoms with Crippen molar-refractivity contribution >= 4 is 34.0 Å². The highest BCUT2D eigenvalue weighted by Gasteiger charge is 2.62. The molecule has 30 N–H and O–H groups in total. The van der Waals surface area contributed by atoms with E-state index in [1.807, 2.05) is 0 Å². The van der Waals surface area contributed by atoms with Crippen LogP contribution in [0.2, 0.25) is 0 Å². The normalized spacial score (nSPS) is 48.9. The molecule has 0 bridgehead atoms. The molecule has 56 nitrogen and oxygen atoms in total. The van der Waals surface area contributed by atoms with Crippen molar-refractivity contribution in [3.8, 4) is 0 Å². The lowest BCUT2D eigenvalue weighted by atomic mass is 9.93. The lowest BCUT2D eigenvalue weighted by molar-refractivity contribution is -0.403. The predicted octanol–water partition coefficient (Wildman–Crippen LogP) is -20.3. The van der Waals surface area contributed by atoms with E-state index in [1.165, 1.54) is 13.8 Å². The van der Waals surface area contributed by atoms with Crippen molar-refractivity contribution in [2.24, 2.45) is 0 Å². The van der Waals surface area contributed by atoms with Crippen LogP contribution in [0.5, 0.6) is 0 Å². The molecule has 0 radical (unpaired) electrons. The molecule has 0 saturated carbocycles. The lowest BCUT2D eigenvalue weighted by Crippen LogP contribution is -2.71. The van der Waals surface area contributed by atoms with Crippen molar-refractivity contribution in [2.45, 2.75) is 348 Å². The predicted molar refractivity (Wildman–Crippen MR) is 384 cm³/mol. The zero-order valence-electron chi connectivity index (χ0n) is 67.2. The Morgan fingerprint density at radius 3 is 1.11 bits per heavy atom. The van der Waals surface area contributed by atoms with Crippen molar-refractivity contribution in [1.82, 2.24) is 21.3 Å². The zero-order chi connectivity index (χ0) is 92.3. The summed E-state index contributed by atoms with van der Waals surface area (Å²) in [5.41, 5.74) is 0. The molecule has 724 valence electrons. The van der Waals surface area contributed by atoms with Gasteiger partial charge in [0.15, 0.2) is 62.9 Å². The number of aliphatic hydroxyl groups excluding tert-OH is 25. The van der Waals surface area contributed by atoms with Gasteiger partial charge in [-0.1, -0.05) is 0 Å². The molecule has 0 spiro atoms. The standard InChI is InChI=1S/C68H114N4O52S/c1-15-33(82)43(92)48(97)63(108-15)105-13-28-53(41(90)29(59(101)110-28)69-17(3)78)118-61-31(71-19(5)80)42(91)52(24(10-76)114-61)119-66-51(100)56(39(88)26(116-66)12-106-67-57(46(95)37(86)23(9-75)113-67)123-60-30(70-18(4)79)40(89)35(84)21(7-73)111-60)122-68-58(47(96)38(87)27(117-68)14-107-125(102,103)104)124-62-32(72-20(6)81)55(121-64-49(98)44(93)34(83)16(2)109-64)54(25(11-77)115-62)120-65-50(99)45(94)36(85)22(8-74)112-65/h15-16,21-68,73-77,82-101H,7-14H2,1-6H3,(H,69,78)(H,70,79)(H,71,80)(H,72,81)(H,102,103,104)/t15-,16-,21+,22+,23+,24+,25+,26+,27+,28+,29+,30+,31+,32-,33+,34+,35+,36-,37+,38+,39+,40+,41+,42+,43+,44+,45-,46-,47-,48-,49-,50+,51-,52+,53+,54+,55+,56-,57-,58-,59+,60-,61-,62-,63+,64-,65-,66-,67-,68+/m0/s1. The van der Waals surface area contributed by atoms with Gasteiger partial charge < -0.3 is 239 Å². The molecule has 10 rings (SSSR count). The van der Waals surface area contributed by atoms with Crippen LogP contribution in [0.1, 0.15) is 41.5 Å². The monoisotopic (exact) mass is 1850 g/mol. The highest BCUT2D eigenvalue weighted by atomic mass is 32.3. The Kier molecular flexibility index (Phi) is 36.5. The maximum Gasteiger partial charge on any atom is 0.397 e. The van der Waals surface area contributed by atoms with Crippen LogP contribution in [0.25, 0.3) is 0 Å². The summed E-state index contributed by atoms with van der Waals surface area (Å²) in [6.07, 6.45) is -98.7. The van der Waals surface area contributed by atoms with E-state index in [9.17, 15) is 160 Å². The van der Waals surface area contributed by atoms with Gasteiger partial charge in [0.05, 0.1) is 65.1 Å². The number of carbonyl (C=O) groups excluding carboxylic acids is 4. The van der Waals surface area contributed by atoms with Crippen LogP contribution in [0.15, 0.2) is 0 Å². The third kappa shape index (κ3) is 23.6. The summed E-state index contributed by atoms with van der Waals surface area (Å²) < 4.78 is 153. The number of nitrogens with one attached hydrogen (secondary N) is 4. The van der Waals surface area contributed by atoms with Gasteiger partial charge in [-0.25, -0.2) is 4.18 Å². The van der Waals surface area contributed by atoms with Crippen LogP contribution >= 0.6 is 0 Å². The van der Waals surface area contributed by atoms with E-state index >= 15 is 0 Å². The third-order valence-corrected chi connectivity index (χ3v) is 23.0. The summed E-state index contributed by atoms with van der Waals surface area (Å²) in [6.45, 7) is -3.35. The van der Waals surface area contributed by atoms with Crippen LogP contribution in [0.3, 0.4) is 0 Å². The maximum atomic E-state index is 13.6. The second-order valence-electron chi connectivity index (χ2n) is 31.5. The molecule has 10 aliphatic rings. The highest BCUT2D eigenvalue weighted by Crippen LogP contribution is 2.41. The summed E-state index contributed by atoms with van der Waals surface area (Å²) >= 11 is 0. The topological polar surface area (TPSA) is 861 Å². The van der Waals surface area contributed by atoms with E-state index in [-0.39, 0.29) is 0 Å². The number of hydrogen-bond acceptors (Lipinski definition) is 51. The molecule has 57 heteroatoms. The average molecular weight is 1850 g/mol. The fraction of sp³-hybridized carbons (Fsp3) is 0.941. The molecule has 0 aromatic rings. The largest absolute Gasteiger partial charge is 0.397 e. The highest BCUT2D eigenvalue weighted by molar-refractivity contribution is 7.80. The van der Waals surface area contributed by atoms with Crippen LogP contribution in [0.4, 0.5) is 0 Å². The molecule has 10 fully saturated rings. The molecule has 0 aliphatic carbocycles. The minimum atomic E-state index is -5.57. The Labute approximate surface area is 708 Å². The molecule has 10 aliphatic heterocycles.